The van der Waals surface area contributed by atoms with Gasteiger partial charge in [0.25, 0.3) is 0 Å². The standard InChI is InChI=1S/C16H25NO/c1-12(18)15(17-13(2)16(3,4)5)11-14-9-7-6-8-10-14/h6-10,13,15,17H,11H2,1-5H3. The van der Waals surface area contributed by atoms with Gasteiger partial charge in [-0.2, -0.15) is 0 Å². The van der Waals surface area contributed by atoms with Crippen molar-refractivity contribution in [1.29, 1.82) is 0 Å². The Morgan fingerprint density at radius 1 is 1.22 bits per heavy atom. The average Bonchev–Trinajstić information content (AvgIpc) is 2.28. The Balaban J connectivity index is 2.70. The summed E-state index contributed by atoms with van der Waals surface area (Å²) in [4.78, 5) is 11.7. The first kappa shape index (κ1) is 14.9. The zero-order valence-corrected chi connectivity index (χ0v) is 12.2. The fourth-order valence-electron chi connectivity index (χ4n) is 1.72. The first-order valence-corrected chi connectivity index (χ1v) is 6.61. The molecule has 1 rings (SSSR count). The molecule has 2 atom stereocenters. The van der Waals surface area contributed by atoms with E-state index in [-0.39, 0.29) is 17.2 Å². The second-order valence-corrected chi connectivity index (χ2v) is 6.11. The highest BCUT2D eigenvalue weighted by Crippen LogP contribution is 2.19. The van der Waals surface area contributed by atoms with Crippen LogP contribution in [0.2, 0.25) is 0 Å². The smallest absolute Gasteiger partial charge is 0.147 e. The van der Waals surface area contributed by atoms with Crippen LogP contribution in [0.3, 0.4) is 0 Å². The van der Waals surface area contributed by atoms with Gasteiger partial charge in [-0.05, 0) is 31.2 Å². The van der Waals surface area contributed by atoms with Crippen molar-refractivity contribution in [3.63, 3.8) is 0 Å². The van der Waals surface area contributed by atoms with Crippen LogP contribution in [0, 0.1) is 5.41 Å². The fourth-order valence-corrected chi connectivity index (χ4v) is 1.72. The van der Waals surface area contributed by atoms with Crippen molar-refractivity contribution >= 4 is 5.78 Å². The van der Waals surface area contributed by atoms with Crippen molar-refractivity contribution in [2.75, 3.05) is 0 Å². The molecule has 0 radical (unpaired) electrons. The summed E-state index contributed by atoms with van der Waals surface area (Å²) >= 11 is 0. The van der Waals surface area contributed by atoms with Crippen LogP contribution < -0.4 is 5.32 Å². The molecule has 2 nitrogen and oxygen atoms in total. The van der Waals surface area contributed by atoms with E-state index in [4.69, 9.17) is 0 Å². The first-order valence-electron chi connectivity index (χ1n) is 6.61. The zero-order chi connectivity index (χ0) is 13.8. The summed E-state index contributed by atoms with van der Waals surface area (Å²) in [6, 6.07) is 10.4. The van der Waals surface area contributed by atoms with E-state index in [2.05, 4.69) is 45.1 Å². The van der Waals surface area contributed by atoms with Crippen molar-refractivity contribution in [2.45, 2.75) is 53.1 Å². The maximum Gasteiger partial charge on any atom is 0.147 e. The van der Waals surface area contributed by atoms with E-state index in [1.54, 1.807) is 6.92 Å². The van der Waals surface area contributed by atoms with Gasteiger partial charge in [0, 0.05) is 6.04 Å². The number of benzene rings is 1. The normalized spacial score (nSPS) is 15.2. The minimum atomic E-state index is -0.0957. The Labute approximate surface area is 111 Å². The molecular formula is C16H25NO. The van der Waals surface area contributed by atoms with Crippen LogP contribution >= 0.6 is 0 Å². The van der Waals surface area contributed by atoms with Gasteiger partial charge < -0.3 is 5.32 Å². The van der Waals surface area contributed by atoms with Crippen molar-refractivity contribution in [3.05, 3.63) is 35.9 Å². The van der Waals surface area contributed by atoms with Crippen LogP contribution in [0.1, 0.15) is 40.2 Å². The first-order chi connectivity index (χ1) is 8.30. The van der Waals surface area contributed by atoms with Crippen LogP contribution in [-0.4, -0.2) is 17.9 Å². The molecule has 18 heavy (non-hydrogen) atoms. The third-order valence-corrected chi connectivity index (χ3v) is 3.52. The van der Waals surface area contributed by atoms with Crippen LogP contribution in [-0.2, 0) is 11.2 Å². The lowest BCUT2D eigenvalue weighted by Gasteiger charge is -2.31. The highest BCUT2D eigenvalue weighted by Gasteiger charge is 2.24. The molecule has 1 N–H and O–H groups in total. The molecule has 1 aromatic carbocycles. The lowest BCUT2D eigenvalue weighted by molar-refractivity contribution is -0.119. The van der Waals surface area contributed by atoms with E-state index in [0.29, 0.717) is 6.04 Å². The molecule has 2 unspecified atom stereocenters. The van der Waals surface area contributed by atoms with Crippen molar-refractivity contribution in [2.24, 2.45) is 5.41 Å². The molecule has 0 spiro atoms. The van der Waals surface area contributed by atoms with Gasteiger partial charge in [0.05, 0.1) is 6.04 Å². The van der Waals surface area contributed by atoms with Crippen LogP contribution in [0.4, 0.5) is 0 Å². The molecule has 0 fully saturated rings. The summed E-state index contributed by atoms with van der Waals surface area (Å²) in [5.74, 6) is 0.204. The molecule has 0 saturated carbocycles. The van der Waals surface area contributed by atoms with E-state index in [0.717, 1.165) is 6.42 Å². The summed E-state index contributed by atoms with van der Waals surface area (Å²) in [6.45, 7) is 10.4. The van der Waals surface area contributed by atoms with Gasteiger partial charge in [-0.25, -0.2) is 0 Å². The number of carbonyl (C=O) groups is 1. The van der Waals surface area contributed by atoms with Gasteiger partial charge in [-0.15, -0.1) is 0 Å². The van der Waals surface area contributed by atoms with Gasteiger partial charge in [0.2, 0.25) is 0 Å². The van der Waals surface area contributed by atoms with Crippen LogP contribution in [0.15, 0.2) is 30.3 Å². The van der Waals surface area contributed by atoms with Crippen molar-refractivity contribution in [3.8, 4) is 0 Å². The quantitative estimate of drug-likeness (QED) is 0.865. The number of Topliss-reactive ketones (excluding diaryl/α,β-unsaturated/α-hetero) is 1. The molecule has 1 aromatic rings. The predicted octanol–water partition coefficient (Wildman–Crippen LogP) is 3.21. The Bertz CT molecular complexity index is 378. The van der Waals surface area contributed by atoms with Crippen LogP contribution in [0.25, 0.3) is 0 Å². The molecule has 2 heteroatoms. The Morgan fingerprint density at radius 2 is 1.78 bits per heavy atom. The van der Waals surface area contributed by atoms with E-state index >= 15 is 0 Å². The third-order valence-electron chi connectivity index (χ3n) is 3.52. The SMILES string of the molecule is CC(=O)C(Cc1ccccc1)NC(C)C(C)(C)C. The topological polar surface area (TPSA) is 29.1 Å². The summed E-state index contributed by atoms with van der Waals surface area (Å²) in [6.07, 6.45) is 0.761. The Kier molecular flexibility index (Phi) is 5.09. The molecule has 0 saturated heterocycles. The molecule has 0 bridgehead atoms. The van der Waals surface area contributed by atoms with Gasteiger partial charge in [0.1, 0.15) is 5.78 Å². The second kappa shape index (κ2) is 6.14. The molecule has 0 aromatic heterocycles. The molecular weight excluding hydrogens is 222 g/mol. The number of carbonyl (C=O) groups excluding carboxylic acids is 1. The summed E-state index contributed by atoms with van der Waals surface area (Å²) in [7, 11) is 0. The Hall–Kier alpha value is -1.15. The van der Waals surface area contributed by atoms with E-state index in [9.17, 15) is 4.79 Å². The monoisotopic (exact) mass is 247 g/mol. The lowest BCUT2D eigenvalue weighted by Crippen LogP contribution is -2.47. The maximum absolute atomic E-state index is 11.7. The third kappa shape index (κ3) is 4.61. The minimum absolute atomic E-state index is 0.0957. The van der Waals surface area contributed by atoms with E-state index in [1.807, 2.05) is 18.2 Å². The maximum atomic E-state index is 11.7. The van der Waals surface area contributed by atoms with Crippen molar-refractivity contribution in [1.82, 2.24) is 5.32 Å². The molecule has 0 heterocycles. The molecule has 0 aliphatic heterocycles. The molecule has 0 amide bonds. The predicted molar refractivity (Wildman–Crippen MR) is 76.7 cm³/mol. The van der Waals surface area contributed by atoms with Gasteiger partial charge in [-0.1, -0.05) is 51.1 Å². The van der Waals surface area contributed by atoms with Crippen LogP contribution in [0.5, 0.6) is 0 Å². The van der Waals surface area contributed by atoms with E-state index in [1.165, 1.54) is 5.56 Å². The fraction of sp³-hybridized carbons (Fsp3) is 0.562. The summed E-state index contributed by atoms with van der Waals surface area (Å²) < 4.78 is 0. The van der Waals surface area contributed by atoms with Crippen molar-refractivity contribution < 1.29 is 4.79 Å². The second-order valence-electron chi connectivity index (χ2n) is 6.11. The van der Waals surface area contributed by atoms with Gasteiger partial charge >= 0.3 is 0 Å². The van der Waals surface area contributed by atoms with Gasteiger partial charge in [0.15, 0.2) is 0 Å². The van der Waals surface area contributed by atoms with E-state index < -0.39 is 0 Å². The molecule has 0 aliphatic carbocycles. The highest BCUT2D eigenvalue weighted by atomic mass is 16.1. The summed E-state index contributed by atoms with van der Waals surface area (Å²) in [5.41, 5.74) is 1.36. The molecule has 0 aliphatic rings. The number of rotatable bonds is 5. The number of hydrogen-bond acceptors (Lipinski definition) is 2. The Morgan fingerprint density at radius 3 is 2.22 bits per heavy atom. The molecule has 100 valence electrons. The number of hydrogen-bond donors (Lipinski definition) is 1. The number of nitrogens with one attached hydrogen (secondary N) is 1. The largest absolute Gasteiger partial charge is 0.304 e. The minimum Gasteiger partial charge on any atom is -0.304 e. The lowest BCUT2D eigenvalue weighted by atomic mass is 9.87. The highest BCUT2D eigenvalue weighted by molar-refractivity contribution is 5.81. The van der Waals surface area contributed by atoms with Gasteiger partial charge in [-0.3, -0.25) is 4.79 Å². The number of ketones is 1. The summed E-state index contributed by atoms with van der Waals surface area (Å²) in [5, 5.41) is 3.46. The average molecular weight is 247 g/mol. The zero-order valence-electron chi connectivity index (χ0n) is 12.2.